The lowest BCUT2D eigenvalue weighted by Crippen LogP contribution is -2.33. The van der Waals surface area contributed by atoms with Crippen molar-refractivity contribution in [3.05, 3.63) is 23.8 Å². The first kappa shape index (κ1) is 15.4. The van der Waals surface area contributed by atoms with Crippen LogP contribution in [0.1, 0.15) is 45.6 Å². The Hall–Kier alpha value is -2.04. The number of urea groups is 1. The Morgan fingerprint density at radius 2 is 2.14 bits per heavy atom. The molecule has 0 atom stereocenters. The van der Waals surface area contributed by atoms with Gasteiger partial charge in [-0.1, -0.05) is 27.2 Å². The maximum absolute atomic E-state index is 11.8. The monoisotopic (exact) mass is 289 g/mol. The summed E-state index contributed by atoms with van der Waals surface area (Å²) in [5.41, 5.74) is 2.39. The van der Waals surface area contributed by atoms with E-state index in [0.717, 1.165) is 29.8 Å². The van der Waals surface area contributed by atoms with Crippen LogP contribution in [0.15, 0.2) is 18.2 Å². The third-order valence-electron chi connectivity index (χ3n) is 3.70. The second kappa shape index (κ2) is 6.16. The van der Waals surface area contributed by atoms with Crippen LogP contribution in [-0.2, 0) is 10.2 Å². The lowest BCUT2D eigenvalue weighted by molar-refractivity contribution is -0.117. The highest BCUT2D eigenvalue weighted by atomic mass is 16.2. The molecule has 2 rings (SSSR count). The highest BCUT2D eigenvalue weighted by Gasteiger charge is 2.32. The summed E-state index contributed by atoms with van der Waals surface area (Å²) in [6, 6.07) is 5.39. The van der Waals surface area contributed by atoms with Crippen LogP contribution in [0.3, 0.4) is 0 Å². The van der Waals surface area contributed by atoms with Crippen LogP contribution in [0.2, 0.25) is 0 Å². The summed E-state index contributed by atoms with van der Waals surface area (Å²) in [5.74, 6) is 0.0329. The maximum atomic E-state index is 11.8. The van der Waals surface area contributed by atoms with Gasteiger partial charge in [0.1, 0.15) is 0 Å². The number of anilines is 2. The third kappa shape index (κ3) is 3.74. The van der Waals surface area contributed by atoms with Crippen molar-refractivity contribution in [3.63, 3.8) is 0 Å². The molecule has 5 nitrogen and oxygen atoms in total. The maximum Gasteiger partial charge on any atom is 0.319 e. The van der Waals surface area contributed by atoms with Gasteiger partial charge in [-0.2, -0.15) is 0 Å². The second-order valence-electron chi connectivity index (χ2n) is 6.10. The number of carbonyl (C=O) groups is 2. The van der Waals surface area contributed by atoms with Gasteiger partial charge in [0.15, 0.2) is 0 Å². The van der Waals surface area contributed by atoms with E-state index in [1.54, 1.807) is 6.07 Å². The minimum atomic E-state index is -0.228. The highest BCUT2D eigenvalue weighted by Crippen LogP contribution is 2.38. The average molecular weight is 289 g/mol. The number of benzene rings is 1. The molecule has 0 radical (unpaired) electrons. The van der Waals surface area contributed by atoms with Crippen molar-refractivity contribution >= 4 is 23.3 Å². The molecule has 1 aliphatic rings. The van der Waals surface area contributed by atoms with Crippen LogP contribution in [0.5, 0.6) is 0 Å². The molecule has 1 aliphatic heterocycles. The molecule has 3 N–H and O–H groups in total. The third-order valence-corrected chi connectivity index (χ3v) is 3.70. The fourth-order valence-corrected chi connectivity index (χ4v) is 2.54. The van der Waals surface area contributed by atoms with E-state index in [1.807, 2.05) is 26.0 Å². The van der Waals surface area contributed by atoms with E-state index in [1.165, 1.54) is 0 Å². The van der Waals surface area contributed by atoms with E-state index >= 15 is 0 Å². The normalized spacial score (nSPS) is 15.9. The Morgan fingerprint density at radius 1 is 1.38 bits per heavy atom. The molecule has 0 fully saturated rings. The van der Waals surface area contributed by atoms with Crippen molar-refractivity contribution < 1.29 is 9.59 Å². The zero-order chi connectivity index (χ0) is 15.5. The Bertz CT molecular complexity index is 552. The number of hydrogen-bond acceptors (Lipinski definition) is 2. The van der Waals surface area contributed by atoms with Crippen LogP contribution in [0.25, 0.3) is 0 Å². The number of unbranched alkanes of at least 4 members (excludes halogenated alkanes) is 1. The van der Waals surface area contributed by atoms with Gasteiger partial charge >= 0.3 is 6.03 Å². The average Bonchev–Trinajstić information content (AvgIpc) is 2.39. The fraction of sp³-hybridized carbons (Fsp3) is 0.500. The van der Waals surface area contributed by atoms with E-state index in [0.29, 0.717) is 13.0 Å². The molecule has 0 saturated carbocycles. The Balaban J connectivity index is 2.10. The number of hydrogen-bond donors (Lipinski definition) is 3. The molecule has 0 bridgehead atoms. The van der Waals surface area contributed by atoms with Gasteiger partial charge in [-0.25, -0.2) is 4.79 Å². The standard InChI is InChI=1S/C16H23N3O2/c1-4-5-8-17-15(21)18-11-6-7-13-12(9-11)16(2,3)10-14(20)19-13/h6-7,9H,4-5,8,10H2,1-3H3,(H,19,20)(H2,17,18,21). The van der Waals surface area contributed by atoms with Crippen LogP contribution < -0.4 is 16.0 Å². The van der Waals surface area contributed by atoms with Gasteiger partial charge in [-0.3, -0.25) is 4.79 Å². The molecule has 114 valence electrons. The van der Waals surface area contributed by atoms with Gasteiger partial charge in [-0.15, -0.1) is 0 Å². The Kier molecular flexibility index (Phi) is 4.50. The number of nitrogens with one attached hydrogen (secondary N) is 3. The lowest BCUT2D eigenvalue weighted by atomic mass is 9.78. The molecular formula is C16H23N3O2. The van der Waals surface area contributed by atoms with Gasteiger partial charge < -0.3 is 16.0 Å². The minimum absolute atomic E-state index is 0.0329. The molecular weight excluding hydrogens is 266 g/mol. The summed E-state index contributed by atoms with van der Waals surface area (Å²) < 4.78 is 0. The molecule has 5 heteroatoms. The van der Waals surface area contributed by atoms with Crippen molar-refractivity contribution in [2.45, 2.75) is 45.4 Å². The van der Waals surface area contributed by atoms with Gasteiger partial charge in [-0.05, 0) is 30.2 Å². The quantitative estimate of drug-likeness (QED) is 0.745. The lowest BCUT2D eigenvalue weighted by Gasteiger charge is -2.32. The fourth-order valence-electron chi connectivity index (χ4n) is 2.54. The first-order valence-electron chi connectivity index (χ1n) is 7.41. The summed E-state index contributed by atoms with van der Waals surface area (Å²) in [6.45, 7) is 6.83. The molecule has 0 aromatic heterocycles. The molecule has 0 spiro atoms. The summed E-state index contributed by atoms with van der Waals surface area (Å²) in [4.78, 5) is 23.4. The van der Waals surface area contributed by atoms with E-state index < -0.39 is 0 Å². The molecule has 21 heavy (non-hydrogen) atoms. The number of rotatable bonds is 4. The predicted molar refractivity (Wildman–Crippen MR) is 84.6 cm³/mol. The number of fused-ring (bicyclic) bond motifs is 1. The SMILES string of the molecule is CCCCNC(=O)Nc1ccc2c(c1)C(C)(C)CC(=O)N2. The van der Waals surface area contributed by atoms with Crippen LogP contribution in [-0.4, -0.2) is 18.5 Å². The van der Waals surface area contributed by atoms with Gasteiger partial charge in [0.2, 0.25) is 5.91 Å². The number of carbonyl (C=O) groups excluding carboxylic acids is 2. The summed E-state index contributed by atoms with van der Waals surface area (Å²) in [6.07, 6.45) is 2.47. The Labute approximate surface area is 125 Å². The molecule has 0 unspecified atom stereocenters. The van der Waals surface area contributed by atoms with Gasteiger partial charge in [0, 0.05) is 29.8 Å². The topological polar surface area (TPSA) is 70.2 Å². The highest BCUT2D eigenvalue weighted by molar-refractivity contribution is 5.96. The largest absolute Gasteiger partial charge is 0.338 e. The van der Waals surface area contributed by atoms with E-state index in [9.17, 15) is 9.59 Å². The van der Waals surface area contributed by atoms with E-state index in [-0.39, 0.29) is 17.4 Å². The molecule has 1 heterocycles. The first-order valence-corrected chi connectivity index (χ1v) is 7.41. The molecule has 1 aromatic rings. The predicted octanol–water partition coefficient (Wildman–Crippen LogP) is 3.23. The van der Waals surface area contributed by atoms with Crippen LogP contribution >= 0.6 is 0 Å². The van der Waals surface area contributed by atoms with Gasteiger partial charge in [0.05, 0.1) is 0 Å². The summed E-state index contributed by atoms with van der Waals surface area (Å²) >= 11 is 0. The molecule has 0 aliphatic carbocycles. The van der Waals surface area contributed by atoms with Crippen LogP contribution in [0, 0.1) is 0 Å². The molecule has 3 amide bonds. The van der Waals surface area contributed by atoms with Crippen molar-refractivity contribution in [3.8, 4) is 0 Å². The zero-order valence-corrected chi connectivity index (χ0v) is 12.9. The molecule has 0 saturated heterocycles. The Morgan fingerprint density at radius 3 is 2.86 bits per heavy atom. The van der Waals surface area contributed by atoms with Crippen molar-refractivity contribution in [1.29, 1.82) is 0 Å². The zero-order valence-electron chi connectivity index (χ0n) is 12.9. The minimum Gasteiger partial charge on any atom is -0.338 e. The molecule has 1 aromatic carbocycles. The van der Waals surface area contributed by atoms with E-state index in [2.05, 4.69) is 22.9 Å². The summed E-state index contributed by atoms with van der Waals surface area (Å²) in [7, 11) is 0. The number of amides is 3. The van der Waals surface area contributed by atoms with Crippen molar-refractivity contribution in [1.82, 2.24) is 5.32 Å². The van der Waals surface area contributed by atoms with Crippen molar-refractivity contribution in [2.75, 3.05) is 17.2 Å². The smallest absolute Gasteiger partial charge is 0.319 e. The first-order chi connectivity index (χ1) is 9.92. The van der Waals surface area contributed by atoms with Crippen LogP contribution in [0.4, 0.5) is 16.2 Å². The van der Waals surface area contributed by atoms with Gasteiger partial charge in [0.25, 0.3) is 0 Å². The second-order valence-corrected chi connectivity index (χ2v) is 6.10. The van der Waals surface area contributed by atoms with Crippen molar-refractivity contribution in [2.24, 2.45) is 0 Å². The summed E-state index contributed by atoms with van der Waals surface area (Å²) in [5, 5.41) is 8.53. The van der Waals surface area contributed by atoms with E-state index in [4.69, 9.17) is 0 Å².